The Balaban J connectivity index is 1.49. The zero-order chi connectivity index (χ0) is 18.8. The van der Waals surface area contributed by atoms with Crippen LogP contribution in [0.25, 0.3) is 11.1 Å². The summed E-state index contributed by atoms with van der Waals surface area (Å²) in [5.41, 5.74) is 9.61. The van der Waals surface area contributed by atoms with E-state index < -0.39 is 0 Å². The molecule has 0 fully saturated rings. The van der Waals surface area contributed by atoms with Gasteiger partial charge in [-0.3, -0.25) is 0 Å². The molecule has 0 bridgehead atoms. The minimum atomic E-state index is 0.904. The number of fused-ring (bicyclic) bond motifs is 3. The second kappa shape index (κ2) is 7.36. The quantitative estimate of drug-likeness (QED) is 0.347. The molecule has 0 aromatic heterocycles. The van der Waals surface area contributed by atoms with Gasteiger partial charge in [0.1, 0.15) is 0 Å². The molecule has 0 radical (unpaired) electrons. The lowest BCUT2D eigenvalue weighted by Crippen LogP contribution is -2.22. The minimum Gasteiger partial charge on any atom is -0.363 e. The number of nitrogens with zero attached hydrogens (tertiary/aromatic N) is 1. The molecule has 1 aliphatic rings. The topological polar surface area (TPSA) is 3.24 Å². The van der Waals surface area contributed by atoms with Crippen LogP contribution in [-0.4, -0.2) is 0 Å². The predicted molar refractivity (Wildman–Crippen MR) is 117 cm³/mol. The molecule has 0 atom stereocenters. The Morgan fingerprint density at radius 2 is 1.11 bits per heavy atom. The number of benzene rings is 4. The molecule has 4 aromatic rings. The molecular weight excluding hydrogens is 338 g/mol. The monoisotopic (exact) mass is 361 g/mol. The third kappa shape index (κ3) is 3.32. The van der Waals surface area contributed by atoms with Gasteiger partial charge in [-0.05, 0) is 51.9 Å². The van der Waals surface area contributed by atoms with Gasteiger partial charge < -0.3 is 4.90 Å². The van der Waals surface area contributed by atoms with Crippen molar-refractivity contribution in [3.63, 3.8) is 0 Å². The van der Waals surface area contributed by atoms with Crippen molar-refractivity contribution in [1.29, 1.82) is 0 Å². The summed E-state index contributed by atoms with van der Waals surface area (Å²) in [6, 6.07) is 37.2. The predicted octanol–water partition coefficient (Wildman–Crippen LogP) is 6.46. The second-order valence-corrected chi connectivity index (χ2v) is 7.50. The van der Waals surface area contributed by atoms with E-state index in [0.29, 0.717) is 0 Å². The SMILES string of the molecule is c1ccc(CN(Cc2ccccc2)c2ccc3c(c2)Cc2ccccc2-3)cc1. The van der Waals surface area contributed by atoms with E-state index in [1.54, 1.807) is 0 Å². The lowest BCUT2D eigenvalue weighted by molar-refractivity contribution is 0.799. The molecule has 136 valence electrons. The highest BCUT2D eigenvalue weighted by molar-refractivity contribution is 5.78. The molecule has 4 aromatic carbocycles. The van der Waals surface area contributed by atoms with Gasteiger partial charge in [0, 0.05) is 18.8 Å². The van der Waals surface area contributed by atoms with Gasteiger partial charge in [0.25, 0.3) is 0 Å². The van der Waals surface area contributed by atoms with Crippen LogP contribution in [0.2, 0.25) is 0 Å². The Kier molecular flexibility index (Phi) is 4.42. The van der Waals surface area contributed by atoms with Crippen molar-refractivity contribution in [2.24, 2.45) is 0 Å². The summed E-state index contributed by atoms with van der Waals surface area (Å²) < 4.78 is 0. The lowest BCUT2D eigenvalue weighted by atomic mass is 10.0. The largest absolute Gasteiger partial charge is 0.363 e. The smallest absolute Gasteiger partial charge is 0.0433 e. The van der Waals surface area contributed by atoms with Crippen LogP contribution in [0.5, 0.6) is 0 Å². The van der Waals surface area contributed by atoms with Gasteiger partial charge in [0.15, 0.2) is 0 Å². The summed E-state index contributed by atoms with van der Waals surface area (Å²) in [5.74, 6) is 0. The molecule has 0 unspecified atom stereocenters. The van der Waals surface area contributed by atoms with E-state index in [1.807, 2.05) is 0 Å². The summed E-state index contributed by atoms with van der Waals surface area (Å²) in [4.78, 5) is 2.48. The highest BCUT2D eigenvalue weighted by Gasteiger charge is 2.19. The molecule has 0 N–H and O–H groups in total. The molecular formula is C27H23N. The van der Waals surface area contributed by atoms with Gasteiger partial charge in [0.2, 0.25) is 0 Å². The summed E-state index contributed by atoms with van der Waals surface area (Å²) in [7, 11) is 0. The standard InChI is InChI=1S/C27H23N/c1-3-9-21(10-4-1)19-28(20-22-11-5-2-6-12-22)25-15-16-27-24(18-25)17-23-13-7-8-14-26(23)27/h1-16,18H,17,19-20H2. The molecule has 0 spiro atoms. The first-order valence-electron chi connectivity index (χ1n) is 9.91. The van der Waals surface area contributed by atoms with Crippen LogP contribution >= 0.6 is 0 Å². The average molecular weight is 361 g/mol. The fraction of sp³-hybridized carbons (Fsp3) is 0.111. The maximum Gasteiger partial charge on any atom is 0.0433 e. The van der Waals surface area contributed by atoms with Crippen molar-refractivity contribution >= 4 is 5.69 Å². The van der Waals surface area contributed by atoms with E-state index in [2.05, 4.69) is 108 Å². The average Bonchev–Trinajstić information content (AvgIpc) is 3.12. The van der Waals surface area contributed by atoms with Crippen LogP contribution in [-0.2, 0) is 19.5 Å². The first kappa shape index (κ1) is 16.8. The number of rotatable bonds is 5. The van der Waals surface area contributed by atoms with E-state index in [1.165, 1.54) is 39.1 Å². The van der Waals surface area contributed by atoms with Crippen LogP contribution in [0.3, 0.4) is 0 Å². The first-order chi connectivity index (χ1) is 13.9. The van der Waals surface area contributed by atoms with E-state index in [0.717, 1.165) is 19.5 Å². The van der Waals surface area contributed by atoms with Crippen LogP contribution < -0.4 is 4.90 Å². The minimum absolute atomic E-state index is 0.904. The van der Waals surface area contributed by atoms with Gasteiger partial charge in [0.05, 0.1) is 0 Å². The van der Waals surface area contributed by atoms with E-state index in [4.69, 9.17) is 0 Å². The third-order valence-electron chi connectivity index (χ3n) is 5.57. The molecule has 1 aliphatic carbocycles. The molecule has 28 heavy (non-hydrogen) atoms. The third-order valence-corrected chi connectivity index (χ3v) is 5.57. The molecule has 0 saturated heterocycles. The zero-order valence-corrected chi connectivity index (χ0v) is 15.9. The lowest BCUT2D eigenvalue weighted by Gasteiger charge is -2.26. The van der Waals surface area contributed by atoms with E-state index in [9.17, 15) is 0 Å². The van der Waals surface area contributed by atoms with Crippen LogP contribution in [0.1, 0.15) is 22.3 Å². The van der Waals surface area contributed by atoms with Gasteiger partial charge >= 0.3 is 0 Å². The zero-order valence-electron chi connectivity index (χ0n) is 15.9. The van der Waals surface area contributed by atoms with Crippen molar-refractivity contribution in [1.82, 2.24) is 0 Å². The van der Waals surface area contributed by atoms with Crippen molar-refractivity contribution < 1.29 is 0 Å². The fourth-order valence-electron chi connectivity index (χ4n) is 4.17. The van der Waals surface area contributed by atoms with Crippen molar-refractivity contribution in [3.05, 3.63) is 125 Å². The Hall–Kier alpha value is -3.32. The highest BCUT2D eigenvalue weighted by atomic mass is 15.1. The molecule has 1 heteroatoms. The molecule has 1 nitrogen and oxygen atoms in total. The van der Waals surface area contributed by atoms with Crippen molar-refractivity contribution in [2.45, 2.75) is 19.5 Å². The van der Waals surface area contributed by atoms with Gasteiger partial charge in [-0.1, -0.05) is 91.0 Å². The van der Waals surface area contributed by atoms with E-state index in [-0.39, 0.29) is 0 Å². The van der Waals surface area contributed by atoms with Gasteiger partial charge in [-0.2, -0.15) is 0 Å². The Bertz CT molecular complexity index is 1040. The molecule has 0 heterocycles. The molecule has 0 amide bonds. The fourth-order valence-corrected chi connectivity index (χ4v) is 4.17. The van der Waals surface area contributed by atoms with Crippen molar-refractivity contribution in [3.8, 4) is 11.1 Å². The van der Waals surface area contributed by atoms with Crippen LogP contribution in [0.4, 0.5) is 5.69 Å². The number of anilines is 1. The van der Waals surface area contributed by atoms with Crippen LogP contribution in [0.15, 0.2) is 103 Å². The Morgan fingerprint density at radius 3 is 1.79 bits per heavy atom. The van der Waals surface area contributed by atoms with E-state index >= 15 is 0 Å². The number of hydrogen-bond donors (Lipinski definition) is 0. The first-order valence-corrected chi connectivity index (χ1v) is 9.91. The van der Waals surface area contributed by atoms with Gasteiger partial charge in [-0.25, -0.2) is 0 Å². The summed E-state index contributed by atoms with van der Waals surface area (Å²) in [6.45, 7) is 1.81. The van der Waals surface area contributed by atoms with Crippen LogP contribution in [0, 0.1) is 0 Å². The summed E-state index contributed by atoms with van der Waals surface area (Å²) >= 11 is 0. The summed E-state index contributed by atoms with van der Waals surface area (Å²) in [6.07, 6.45) is 1.03. The summed E-state index contributed by atoms with van der Waals surface area (Å²) in [5, 5.41) is 0. The normalized spacial score (nSPS) is 11.7. The molecule has 0 saturated carbocycles. The molecule has 5 rings (SSSR count). The van der Waals surface area contributed by atoms with Crippen molar-refractivity contribution in [2.75, 3.05) is 4.90 Å². The maximum absolute atomic E-state index is 2.48. The molecule has 0 aliphatic heterocycles. The maximum atomic E-state index is 2.48. The van der Waals surface area contributed by atoms with Gasteiger partial charge in [-0.15, -0.1) is 0 Å². The second-order valence-electron chi connectivity index (χ2n) is 7.50. The Labute approximate surface area is 166 Å². The Morgan fingerprint density at radius 1 is 0.536 bits per heavy atom. The number of hydrogen-bond acceptors (Lipinski definition) is 1. The highest BCUT2D eigenvalue weighted by Crippen LogP contribution is 2.38.